The number of halogens is 4. The van der Waals surface area contributed by atoms with Gasteiger partial charge in [-0.1, -0.05) is 19.3 Å². The van der Waals surface area contributed by atoms with Gasteiger partial charge in [0.15, 0.2) is 0 Å². The lowest BCUT2D eigenvalue weighted by Crippen LogP contribution is -2.39. The molecule has 2 nitrogen and oxygen atoms in total. The summed E-state index contributed by atoms with van der Waals surface area (Å²) >= 11 is 5.80. The molecule has 20 heavy (non-hydrogen) atoms. The van der Waals surface area contributed by atoms with E-state index in [1.807, 2.05) is 4.90 Å². The van der Waals surface area contributed by atoms with E-state index < -0.39 is 11.7 Å². The van der Waals surface area contributed by atoms with Gasteiger partial charge in [-0.05, 0) is 25.0 Å². The molecule has 0 amide bonds. The van der Waals surface area contributed by atoms with Gasteiger partial charge in [0.2, 0.25) is 0 Å². The number of pyridine rings is 1. The minimum Gasteiger partial charge on any atom is -0.352 e. The first kappa shape index (κ1) is 15.4. The van der Waals surface area contributed by atoms with Crippen LogP contribution >= 0.6 is 11.6 Å². The van der Waals surface area contributed by atoms with Crippen LogP contribution in [-0.2, 0) is 6.18 Å². The van der Waals surface area contributed by atoms with Gasteiger partial charge in [0.1, 0.15) is 5.82 Å². The van der Waals surface area contributed by atoms with E-state index in [1.165, 1.54) is 12.6 Å². The van der Waals surface area contributed by atoms with E-state index in [-0.39, 0.29) is 6.04 Å². The molecular formula is C14H18ClF3N2. The number of hydrogen-bond acceptors (Lipinski definition) is 2. The van der Waals surface area contributed by atoms with Crippen LogP contribution in [0.2, 0.25) is 0 Å². The second kappa shape index (κ2) is 6.66. The highest BCUT2D eigenvalue weighted by Gasteiger charge is 2.32. The number of aromatic nitrogens is 1. The maximum Gasteiger partial charge on any atom is 0.416 e. The molecule has 0 aliphatic heterocycles. The van der Waals surface area contributed by atoms with Gasteiger partial charge < -0.3 is 4.90 Å². The molecule has 0 N–H and O–H groups in total. The predicted octanol–water partition coefficient (Wildman–Crippen LogP) is 4.48. The summed E-state index contributed by atoms with van der Waals surface area (Å²) in [4.78, 5) is 6.05. The maximum absolute atomic E-state index is 12.8. The van der Waals surface area contributed by atoms with Crippen molar-refractivity contribution in [3.05, 3.63) is 23.9 Å². The van der Waals surface area contributed by atoms with Crippen LogP contribution in [-0.4, -0.2) is 23.5 Å². The Morgan fingerprint density at radius 3 is 2.55 bits per heavy atom. The second-order valence-electron chi connectivity index (χ2n) is 5.07. The summed E-state index contributed by atoms with van der Waals surface area (Å²) in [6.07, 6.45) is 2.30. The topological polar surface area (TPSA) is 16.1 Å². The fourth-order valence-corrected chi connectivity index (χ4v) is 2.90. The lowest BCUT2D eigenvalue weighted by Gasteiger charge is -2.35. The minimum absolute atomic E-state index is 0.249. The molecule has 0 unspecified atom stereocenters. The zero-order valence-corrected chi connectivity index (χ0v) is 11.9. The SMILES string of the molecule is FC(F)(F)c1ccnc(N(CCCl)C2CCCCC2)c1. The summed E-state index contributed by atoms with van der Waals surface area (Å²) in [6, 6.07) is 2.38. The third-order valence-corrected chi connectivity index (χ3v) is 3.88. The monoisotopic (exact) mass is 306 g/mol. The Morgan fingerprint density at radius 1 is 1.25 bits per heavy atom. The molecule has 2 rings (SSSR count). The Labute approximate surface area is 121 Å². The molecule has 1 aromatic heterocycles. The molecular weight excluding hydrogens is 289 g/mol. The minimum atomic E-state index is -4.34. The first-order valence-electron chi connectivity index (χ1n) is 6.88. The van der Waals surface area contributed by atoms with Crippen LogP contribution in [0.1, 0.15) is 37.7 Å². The van der Waals surface area contributed by atoms with Crippen LogP contribution in [0.4, 0.5) is 19.0 Å². The normalized spacial score (nSPS) is 17.2. The number of anilines is 1. The summed E-state index contributed by atoms with van der Waals surface area (Å²) in [5, 5.41) is 0. The van der Waals surface area contributed by atoms with Gasteiger partial charge in [0.05, 0.1) is 5.56 Å². The van der Waals surface area contributed by atoms with Crippen molar-refractivity contribution >= 4 is 17.4 Å². The third kappa shape index (κ3) is 3.78. The predicted molar refractivity (Wildman–Crippen MR) is 74.2 cm³/mol. The van der Waals surface area contributed by atoms with Gasteiger partial charge in [0.25, 0.3) is 0 Å². The Kier molecular flexibility index (Phi) is 5.13. The Balaban J connectivity index is 2.24. The van der Waals surface area contributed by atoms with Crippen molar-refractivity contribution in [1.29, 1.82) is 0 Å². The van der Waals surface area contributed by atoms with Crippen LogP contribution in [0.25, 0.3) is 0 Å². The van der Waals surface area contributed by atoms with Gasteiger partial charge in [0, 0.05) is 24.7 Å². The zero-order chi connectivity index (χ0) is 14.6. The van der Waals surface area contributed by atoms with Crippen LogP contribution in [0.15, 0.2) is 18.3 Å². The lowest BCUT2D eigenvalue weighted by atomic mass is 9.94. The van der Waals surface area contributed by atoms with Crippen molar-refractivity contribution in [3.8, 4) is 0 Å². The third-order valence-electron chi connectivity index (χ3n) is 3.71. The van der Waals surface area contributed by atoms with Crippen molar-refractivity contribution in [3.63, 3.8) is 0 Å². The van der Waals surface area contributed by atoms with Crippen molar-refractivity contribution in [2.24, 2.45) is 0 Å². The van der Waals surface area contributed by atoms with E-state index in [4.69, 9.17) is 11.6 Å². The summed E-state index contributed by atoms with van der Waals surface area (Å²) < 4.78 is 38.4. The highest BCUT2D eigenvalue weighted by atomic mass is 35.5. The molecule has 112 valence electrons. The van der Waals surface area contributed by atoms with E-state index >= 15 is 0 Å². The van der Waals surface area contributed by atoms with Crippen LogP contribution in [0.3, 0.4) is 0 Å². The Hall–Kier alpha value is -0.970. The molecule has 1 aliphatic rings. The highest BCUT2D eigenvalue weighted by molar-refractivity contribution is 6.18. The molecule has 0 spiro atoms. The maximum atomic E-state index is 12.8. The Bertz CT molecular complexity index is 431. The summed E-state index contributed by atoms with van der Waals surface area (Å²) in [7, 11) is 0. The summed E-state index contributed by atoms with van der Waals surface area (Å²) in [5.41, 5.74) is -0.655. The number of hydrogen-bond donors (Lipinski definition) is 0. The largest absolute Gasteiger partial charge is 0.416 e. The van der Waals surface area contributed by atoms with E-state index in [9.17, 15) is 13.2 Å². The van der Waals surface area contributed by atoms with Gasteiger partial charge in [-0.2, -0.15) is 13.2 Å². The number of alkyl halides is 4. The average molecular weight is 307 g/mol. The number of nitrogens with zero attached hydrogens (tertiary/aromatic N) is 2. The van der Waals surface area contributed by atoms with Crippen molar-refractivity contribution in [2.75, 3.05) is 17.3 Å². The van der Waals surface area contributed by atoms with Crippen molar-refractivity contribution < 1.29 is 13.2 Å². The first-order valence-corrected chi connectivity index (χ1v) is 7.41. The lowest BCUT2D eigenvalue weighted by molar-refractivity contribution is -0.137. The fourth-order valence-electron chi connectivity index (χ4n) is 2.72. The molecule has 1 heterocycles. The molecule has 0 saturated heterocycles. The molecule has 1 aromatic rings. The number of rotatable bonds is 4. The molecule has 0 aromatic carbocycles. The molecule has 1 aliphatic carbocycles. The van der Waals surface area contributed by atoms with E-state index in [0.717, 1.165) is 37.8 Å². The van der Waals surface area contributed by atoms with Gasteiger partial charge in [-0.15, -0.1) is 11.6 Å². The summed E-state index contributed by atoms with van der Waals surface area (Å²) in [5.74, 6) is 0.765. The van der Waals surface area contributed by atoms with Crippen molar-refractivity contribution in [2.45, 2.75) is 44.3 Å². The standard InChI is InChI=1S/C14H18ClF3N2/c15-7-9-20(12-4-2-1-3-5-12)13-10-11(6-8-19-13)14(16,17)18/h6,8,10,12H,1-5,7,9H2. The fraction of sp³-hybridized carbons (Fsp3) is 0.643. The van der Waals surface area contributed by atoms with Gasteiger partial charge >= 0.3 is 6.18 Å². The first-order chi connectivity index (χ1) is 9.52. The van der Waals surface area contributed by atoms with E-state index in [1.54, 1.807) is 0 Å². The average Bonchev–Trinajstić information content (AvgIpc) is 2.45. The van der Waals surface area contributed by atoms with Gasteiger partial charge in [-0.25, -0.2) is 4.98 Å². The van der Waals surface area contributed by atoms with Crippen LogP contribution < -0.4 is 4.90 Å². The smallest absolute Gasteiger partial charge is 0.352 e. The van der Waals surface area contributed by atoms with E-state index in [0.29, 0.717) is 18.2 Å². The van der Waals surface area contributed by atoms with Gasteiger partial charge in [-0.3, -0.25) is 0 Å². The zero-order valence-electron chi connectivity index (χ0n) is 11.2. The van der Waals surface area contributed by atoms with E-state index in [2.05, 4.69) is 4.98 Å². The van der Waals surface area contributed by atoms with Crippen LogP contribution in [0, 0.1) is 0 Å². The van der Waals surface area contributed by atoms with Crippen LogP contribution in [0.5, 0.6) is 0 Å². The molecule has 1 saturated carbocycles. The molecule has 1 fully saturated rings. The molecule has 6 heteroatoms. The molecule has 0 bridgehead atoms. The highest BCUT2D eigenvalue weighted by Crippen LogP contribution is 2.32. The summed E-state index contributed by atoms with van der Waals surface area (Å²) in [6.45, 7) is 0.528. The van der Waals surface area contributed by atoms with Crippen molar-refractivity contribution in [1.82, 2.24) is 4.98 Å². The quantitative estimate of drug-likeness (QED) is 0.763. The second-order valence-corrected chi connectivity index (χ2v) is 5.45. The molecule has 0 radical (unpaired) electrons. The molecule has 0 atom stereocenters. The Morgan fingerprint density at radius 2 is 1.95 bits per heavy atom.